The Hall–Kier alpha value is -3.86. The average molecular weight is 466 g/mol. The molecule has 0 saturated carbocycles. The topological polar surface area (TPSA) is 58.2 Å². The van der Waals surface area contributed by atoms with Crippen LogP contribution in [-0.2, 0) is 6.54 Å². The van der Waals surface area contributed by atoms with Crippen molar-refractivity contribution in [1.29, 1.82) is 0 Å². The summed E-state index contributed by atoms with van der Waals surface area (Å²) in [6.07, 6.45) is 3.39. The predicted octanol–water partition coefficient (Wildman–Crippen LogP) is 6.70. The minimum Gasteiger partial charge on any atom is -0.494 e. The van der Waals surface area contributed by atoms with E-state index in [4.69, 9.17) is 4.74 Å². The van der Waals surface area contributed by atoms with Gasteiger partial charge in [0.1, 0.15) is 11.4 Å². The van der Waals surface area contributed by atoms with Gasteiger partial charge in [-0.25, -0.2) is 0 Å². The SMILES string of the molecule is CCCCCOc1ccc(C2c3c(-c4ccccc4)n[nH]c3C(=O)N2Cc2ccc(C)cc2)cc1. The maximum absolute atomic E-state index is 13.6. The van der Waals surface area contributed by atoms with Crippen molar-refractivity contribution >= 4 is 5.91 Å². The molecule has 1 aliphatic heterocycles. The molecule has 5 rings (SSSR count). The summed E-state index contributed by atoms with van der Waals surface area (Å²) in [6, 6.07) is 26.4. The van der Waals surface area contributed by atoms with Gasteiger partial charge in [-0.2, -0.15) is 5.10 Å². The fourth-order valence-electron chi connectivity index (χ4n) is 4.70. The Balaban J connectivity index is 1.50. The number of H-pyrrole nitrogens is 1. The number of ether oxygens (including phenoxy) is 1. The Morgan fingerprint density at radius 1 is 0.943 bits per heavy atom. The van der Waals surface area contributed by atoms with E-state index in [1.807, 2.05) is 47.4 Å². The molecule has 1 atom stereocenters. The predicted molar refractivity (Wildman–Crippen MR) is 138 cm³/mol. The largest absolute Gasteiger partial charge is 0.494 e. The van der Waals surface area contributed by atoms with Crippen LogP contribution in [0.4, 0.5) is 0 Å². The van der Waals surface area contributed by atoms with Crippen LogP contribution >= 0.6 is 0 Å². The first-order chi connectivity index (χ1) is 17.2. The van der Waals surface area contributed by atoms with Gasteiger partial charge in [-0.1, -0.05) is 92.1 Å². The first-order valence-electron chi connectivity index (χ1n) is 12.4. The van der Waals surface area contributed by atoms with Crippen LogP contribution in [0, 0.1) is 6.92 Å². The highest BCUT2D eigenvalue weighted by Crippen LogP contribution is 2.43. The molecule has 1 aromatic heterocycles. The summed E-state index contributed by atoms with van der Waals surface area (Å²) in [4.78, 5) is 15.5. The van der Waals surface area contributed by atoms with Gasteiger partial charge in [-0.15, -0.1) is 0 Å². The molecule has 0 aliphatic carbocycles. The maximum Gasteiger partial charge on any atom is 0.273 e. The Kier molecular flexibility index (Phi) is 6.66. The van der Waals surface area contributed by atoms with Gasteiger partial charge in [0.05, 0.1) is 18.3 Å². The van der Waals surface area contributed by atoms with E-state index in [0.717, 1.165) is 46.7 Å². The van der Waals surface area contributed by atoms with Gasteiger partial charge in [0.2, 0.25) is 0 Å². The molecular weight excluding hydrogens is 434 g/mol. The second-order valence-corrected chi connectivity index (χ2v) is 9.17. The van der Waals surface area contributed by atoms with E-state index in [1.165, 1.54) is 18.4 Å². The minimum atomic E-state index is -0.234. The number of carbonyl (C=O) groups is 1. The van der Waals surface area contributed by atoms with E-state index >= 15 is 0 Å². The van der Waals surface area contributed by atoms with Crippen LogP contribution in [0.25, 0.3) is 11.3 Å². The lowest BCUT2D eigenvalue weighted by atomic mass is 9.96. The fraction of sp³-hybridized carbons (Fsp3) is 0.267. The zero-order valence-electron chi connectivity index (χ0n) is 20.3. The highest BCUT2D eigenvalue weighted by molar-refractivity contribution is 6.00. The molecule has 0 spiro atoms. The number of aromatic amines is 1. The summed E-state index contributed by atoms with van der Waals surface area (Å²) in [6.45, 7) is 5.50. The number of amides is 1. The van der Waals surface area contributed by atoms with E-state index < -0.39 is 0 Å². The van der Waals surface area contributed by atoms with Crippen molar-refractivity contribution in [3.8, 4) is 17.0 Å². The number of hydrogen-bond acceptors (Lipinski definition) is 3. The first-order valence-corrected chi connectivity index (χ1v) is 12.4. The van der Waals surface area contributed by atoms with Crippen molar-refractivity contribution in [1.82, 2.24) is 15.1 Å². The van der Waals surface area contributed by atoms with E-state index in [-0.39, 0.29) is 11.9 Å². The molecule has 0 fully saturated rings. The molecule has 2 heterocycles. The Morgan fingerprint density at radius 2 is 1.69 bits per heavy atom. The number of aryl methyl sites for hydroxylation is 1. The third-order valence-corrected chi connectivity index (χ3v) is 6.60. The van der Waals surface area contributed by atoms with Crippen LogP contribution in [0.15, 0.2) is 78.9 Å². The maximum atomic E-state index is 13.6. The minimum absolute atomic E-state index is 0.0276. The summed E-state index contributed by atoms with van der Waals surface area (Å²) < 4.78 is 5.93. The Labute approximate surface area is 206 Å². The molecule has 178 valence electrons. The number of unbranched alkanes of at least 4 members (excludes halogenated alkanes) is 2. The molecule has 1 unspecified atom stereocenters. The van der Waals surface area contributed by atoms with E-state index in [2.05, 4.69) is 60.4 Å². The Morgan fingerprint density at radius 3 is 2.40 bits per heavy atom. The average Bonchev–Trinajstić information content (AvgIpc) is 3.43. The lowest BCUT2D eigenvalue weighted by molar-refractivity contribution is 0.0730. The van der Waals surface area contributed by atoms with Crippen molar-refractivity contribution in [3.63, 3.8) is 0 Å². The summed E-state index contributed by atoms with van der Waals surface area (Å²) in [5.74, 6) is 0.829. The van der Waals surface area contributed by atoms with Crippen LogP contribution in [0.2, 0.25) is 0 Å². The third kappa shape index (κ3) is 4.72. The monoisotopic (exact) mass is 465 g/mol. The van der Waals surface area contributed by atoms with Gasteiger partial charge in [-0.05, 0) is 36.6 Å². The van der Waals surface area contributed by atoms with Crippen molar-refractivity contribution in [2.75, 3.05) is 6.61 Å². The first kappa shape index (κ1) is 22.9. The molecule has 1 amide bonds. The molecule has 4 aromatic rings. The fourth-order valence-corrected chi connectivity index (χ4v) is 4.70. The molecule has 3 aromatic carbocycles. The second kappa shape index (κ2) is 10.2. The van der Waals surface area contributed by atoms with Crippen molar-refractivity contribution in [2.24, 2.45) is 0 Å². The zero-order chi connectivity index (χ0) is 24.2. The highest BCUT2D eigenvalue weighted by Gasteiger charge is 2.42. The summed E-state index contributed by atoms with van der Waals surface area (Å²) >= 11 is 0. The van der Waals surface area contributed by atoms with Crippen LogP contribution < -0.4 is 4.74 Å². The van der Waals surface area contributed by atoms with Crippen molar-refractivity contribution in [2.45, 2.75) is 45.7 Å². The molecule has 35 heavy (non-hydrogen) atoms. The highest BCUT2D eigenvalue weighted by atomic mass is 16.5. The number of hydrogen-bond donors (Lipinski definition) is 1. The lowest BCUT2D eigenvalue weighted by Gasteiger charge is -2.27. The smallest absolute Gasteiger partial charge is 0.273 e. The number of fused-ring (bicyclic) bond motifs is 1. The van der Waals surface area contributed by atoms with Crippen LogP contribution in [0.1, 0.15) is 65.0 Å². The van der Waals surface area contributed by atoms with Crippen LogP contribution in [-0.4, -0.2) is 27.6 Å². The zero-order valence-corrected chi connectivity index (χ0v) is 20.3. The van der Waals surface area contributed by atoms with Gasteiger partial charge in [0.25, 0.3) is 5.91 Å². The number of nitrogens with zero attached hydrogens (tertiary/aromatic N) is 2. The quantitative estimate of drug-likeness (QED) is 0.280. The van der Waals surface area contributed by atoms with Crippen molar-refractivity contribution in [3.05, 3.63) is 107 Å². The number of aromatic nitrogens is 2. The molecule has 0 bridgehead atoms. The number of rotatable bonds is 9. The molecule has 5 heteroatoms. The van der Waals surface area contributed by atoms with Gasteiger partial charge in [0, 0.05) is 17.7 Å². The molecule has 0 radical (unpaired) electrons. The van der Waals surface area contributed by atoms with Crippen LogP contribution in [0.5, 0.6) is 5.75 Å². The molecule has 5 nitrogen and oxygen atoms in total. The summed E-state index contributed by atoms with van der Waals surface area (Å²) in [5.41, 5.74) is 6.67. The van der Waals surface area contributed by atoms with Gasteiger partial charge < -0.3 is 9.64 Å². The van der Waals surface area contributed by atoms with Gasteiger partial charge in [-0.3, -0.25) is 9.89 Å². The molecule has 1 N–H and O–H groups in total. The number of nitrogens with one attached hydrogen (secondary N) is 1. The molecular formula is C30H31N3O2. The normalized spacial score (nSPS) is 14.9. The van der Waals surface area contributed by atoms with Crippen molar-refractivity contribution < 1.29 is 9.53 Å². The molecule has 0 saturated heterocycles. The van der Waals surface area contributed by atoms with E-state index in [0.29, 0.717) is 12.2 Å². The van der Waals surface area contributed by atoms with Crippen LogP contribution in [0.3, 0.4) is 0 Å². The van der Waals surface area contributed by atoms with E-state index in [1.54, 1.807) is 0 Å². The molecule has 1 aliphatic rings. The summed E-state index contributed by atoms with van der Waals surface area (Å²) in [7, 11) is 0. The summed E-state index contributed by atoms with van der Waals surface area (Å²) in [5, 5.41) is 7.61. The van der Waals surface area contributed by atoms with Gasteiger partial charge in [0.15, 0.2) is 0 Å². The Bertz CT molecular complexity index is 1280. The van der Waals surface area contributed by atoms with Gasteiger partial charge >= 0.3 is 0 Å². The number of carbonyl (C=O) groups excluding carboxylic acids is 1. The van der Waals surface area contributed by atoms with E-state index in [9.17, 15) is 4.79 Å². The standard InChI is InChI=1S/C30H31N3O2/c1-3-4-8-19-35-25-17-15-24(16-18-25)29-26-27(23-9-6-5-7-10-23)31-32-28(26)30(34)33(29)20-22-13-11-21(2)12-14-22/h5-7,9-18,29H,3-4,8,19-20H2,1-2H3,(H,31,32). The number of benzene rings is 3. The lowest BCUT2D eigenvalue weighted by Crippen LogP contribution is -2.29. The third-order valence-electron chi connectivity index (χ3n) is 6.60. The second-order valence-electron chi connectivity index (χ2n) is 9.17.